The molecule has 0 aliphatic heterocycles. The van der Waals surface area contributed by atoms with Gasteiger partial charge >= 0.3 is 0 Å². The van der Waals surface area contributed by atoms with Crippen LogP contribution in [0.3, 0.4) is 0 Å². The minimum Gasteiger partial charge on any atom is -0.323 e. The lowest BCUT2D eigenvalue weighted by molar-refractivity contribution is 0.747. The van der Waals surface area contributed by atoms with E-state index in [4.69, 9.17) is 11.0 Å². The van der Waals surface area contributed by atoms with Gasteiger partial charge in [0.15, 0.2) is 0 Å². The number of halogens is 1. The number of rotatable bonds is 2. The largest absolute Gasteiger partial charge is 0.323 e. The fourth-order valence-corrected chi connectivity index (χ4v) is 1.45. The zero-order valence-electron chi connectivity index (χ0n) is 7.42. The van der Waals surface area contributed by atoms with Crippen molar-refractivity contribution in [3.05, 3.63) is 33.8 Å². The maximum Gasteiger partial charge on any atom is 0.0641 e. The Labute approximate surface area is 86.5 Å². The van der Waals surface area contributed by atoms with Crippen molar-refractivity contribution in [3.8, 4) is 6.07 Å². The average Bonchev–Trinajstić information content (AvgIpc) is 2.10. The summed E-state index contributed by atoms with van der Waals surface area (Å²) in [6, 6.07) is 7.81. The van der Waals surface area contributed by atoms with Crippen LogP contribution in [0.25, 0.3) is 0 Å². The smallest absolute Gasteiger partial charge is 0.0641 e. The van der Waals surface area contributed by atoms with Gasteiger partial charge in [0, 0.05) is 10.5 Å². The quantitative estimate of drug-likeness (QED) is 0.862. The van der Waals surface area contributed by atoms with Gasteiger partial charge in [-0.15, -0.1) is 0 Å². The van der Waals surface area contributed by atoms with Crippen molar-refractivity contribution in [1.82, 2.24) is 0 Å². The van der Waals surface area contributed by atoms with E-state index in [1.54, 1.807) is 0 Å². The van der Waals surface area contributed by atoms with E-state index in [0.717, 1.165) is 10.0 Å². The Morgan fingerprint density at radius 2 is 2.31 bits per heavy atom. The number of hydrogen-bond donors (Lipinski definition) is 1. The van der Waals surface area contributed by atoms with Gasteiger partial charge in [-0.05, 0) is 24.1 Å². The monoisotopic (exact) mass is 238 g/mol. The molecule has 0 bridgehead atoms. The fourth-order valence-electron chi connectivity index (χ4n) is 1.06. The predicted molar refractivity (Wildman–Crippen MR) is 56.0 cm³/mol. The molecule has 68 valence electrons. The first-order valence-electron chi connectivity index (χ1n) is 4.03. The Kier molecular flexibility index (Phi) is 3.47. The second kappa shape index (κ2) is 4.40. The predicted octanol–water partition coefficient (Wildman–Crippen LogP) is 2.67. The third kappa shape index (κ3) is 2.55. The number of hydrogen-bond acceptors (Lipinski definition) is 2. The molecular weight excluding hydrogens is 228 g/mol. The maximum absolute atomic E-state index is 8.48. The molecule has 3 heteroatoms. The van der Waals surface area contributed by atoms with E-state index >= 15 is 0 Å². The molecule has 1 unspecified atom stereocenters. The van der Waals surface area contributed by atoms with E-state index in [1.165, 1.54) is 5.56 Å². The Morgan fingerprint density at radius 3 is 2.85 bits per heavy atom. The summed E-state index contributed by atoms with van der Waals surface area (Å²) in [7, 11) is 0. The standard InChI is InChI=1S/C10H11BrN2/c1-7-2-3-8(6-9(7)11)10(13)4-5-12/h2-3,6,10H,4,13H2,1H3. The summed E-state index contributed by atoms with van der Waals surface area (Å²) in [4.78, 5) is 0. The van der Waals surface area contributed by atoms with Crippen molar-refractivity contribution in [1.29, 1.82) is 5.26 Å². The minimum atomic E-state index is -0.179. The summed E-state index contributed by atoms with van der Waals surface area (Å²) >= 11 is 3.43. The summed E-state index contributed by atoms with van der Waals surface area (Å²) in [6.45, 7) is 2.02. The maximum atomic E-state index is 8.48. The lowest BCUT2D eigenvalue weighted by Crippen LogP contribution is -2.09. The first-order chi connectivity index (χ1) is 6.15. The van der Waals surface area contributed by atoms with Crippen LogP contribution >= 0.6 is 15.9 Å². The van der Waals surface area contributed by atoms with E-state index in [1.807, 2.05) is 25.1 Å². The third-order valence-electron chi connectivity index (χ3n) is 1.94. The highest BCUT2D eigenvalue weighted by molar-refractivity contribution is 9.10. The van der Waals surface area contributed by atoms with Gasteiger partial charge in [0.05, 0.1) is 12.5 Å². The molecule has 1 atom stereocenters. The van der Waals surface area contributed by atoms with Crippen LogP contribution < -0.4 is 5.73 Å². The van der Waals surface area contributed by atoms with Crippen molar-refractivity contribution in [2.45, 2.75) is 19.4 Å². The molecule has 0 saturated heterocycles. The van der Waals surface area contributed by atoms with Gasteiger partial charge in [-0.2, -0.15) is 5.26 Å². The first-order valence-corrected chi connectivity index (χ1v) is 4.83. The minimum absolute atomic E-state index is 0.179. The molecule has 1 aromatic carbocycles. The molecule has 2 N–H and O–H groups in total. The number of nitrogens with zero attached hydrogens (tertiary/aromatic N) is 1. The molecule has 0 saturated carbocycles. The summed E-state index contributed by atoms with van der Waals surface area (Å²) in [5.74, 6) is 0. The van der Waals surface area contributed by atoms with Gasteiger partial charge in [-0.1, -0.05) is 28.1 Å². The van der Waals surface area contributed by atoms with Crippen molar-refractivity contribution >= 4 is 15.9 Å². The van der Waals surface area contributed by atoms with Crippen molar-refractivity contribution in [2.75, 3.05) is 0 Å². The van der Waals surface area contributed by atoms with Crippen LogP contribution in [-0.4, -0.2) is 0 Å². The van der Waals surface area contributed by atoms with Crippen LogP contribution in [0, 0.1) is 18.3 Å². The molecule has 13 heavy (non-hydrogen) atoms. The van der Waals surface area contributed by atoms with E-state index in [9.17, 15) is 0 Å². The van der Waals surface area contributed by atoms with Crippen LogP contribution in [0.1, 0.15) is 23.6 Å². The molecule has 0 amide bonds. The zero-order chi connectivity index (χ0) is 9.84. The van der Waals surface area contributed by atoms with Crippen molar-refractivity contribution in [2.24, 2.45) is 5.73 Å². The van der Waals surface area contributed by atoms with Gasteiger partial charge in [0.25, 0.3) is 0 Å². The molecule has 0 fully saturated rings. The molecule has 0 aliphatic rings. The van der Waals surface area contributed by atoms with Crippen LogP contribution in [0.4, 0.5) is 0 Å². The second-order valence-corrected chi connectivity index (χ2v) is 3.83. The summed E-state index contributed by atoms with van der Waals surface area (Å²) in [6.07, 6.45) is 0.357. The second-order valence-electron chi connectivity index (χ2n) is 2.98. The van der Waals surface area contributed by atoms with Crippen LogP contribution in [-0.2, 0) is 0 Å². The summed E-state index contributed by atoms with van der Waals surface area (Å²) in [5, 5.41) is 8.48. The van der Waals surface area contributed by atoms with Crippen LogP contribution in [0.2, 0.25) is 0 Å². The molecule has 0 radical (unpaired) electrons. The molecule has 0 aliphatic carbocycles. The Balaban J connectivity index is 2.91. The van der Waals surface area contributed by atoms with Gasteiger partial charge in [0.2, 0.25) is 0 Å². The number of nitriles is 1. The highest BCUT2D eigenvalue weighted by Gasteiger charge is 2.06. The van der Waals surface area contributed by atoms with E-state index in [-0.39, 0.29) is 6.04 Å². The van der Waals surface area contributed by atoms with E-state index in [2.05, 4.69) is 22.0 Å². The Morgan fingerprint density at radius 1 is 1.62 bits per heavy atom. The highest BCUT2D eigenvalue weighted by atomic mass is 79.9. The van der Waals surface area contributed by atoms with Gasteiger partial charge < -0.3 is 5.73 Å². The SMILES string of the molecule is Cc1ccc(C(N)CC#N)cc1Br. The van der Waals surface area contributed by atoms with Gasteiger partial charge in [-0.3, -0.25) is 0 Å². The summed E-state index contributed by atoms with van der Waals surface area (Å²) in [5.41, 5.74) is 7.95. The normalized spacial score (nSPS) is 12.2. The molecule has 0 heterocycles. The van der Waals surface area contributed by atoms with Crippen molar-refractivity contribution < 1.29 is 0 Å². The Hall–Kier alpha value is -0.850. The average molecular weight is 239 g/mol. The molecule has 2 nitrogen and oxygen atoms in total. The number of benzene rings is 1. The molecule has 1 rings (SSSR count). The van der Waals surface area contributed by atoms with Crippen molar-refractivity contribution in [3.63, 3.8) is 0 Å². The van der Waals surface area contributed by atoms with Gasteiger partial charge in [-0.25, -0.2) is 0 Å². The van der Waals surface area contributed by atoms with E-state index < -0.39 is 0 Å². The molecule has 1 aromatic rings. The molecule has 0 spiro atoms. The summed E-state index contributed by atoms with van der Waals surface area (Å²) < 4.78 is 1.04. The number of aryl methyl sites for hydroxylation is 1. The topological polar surface area (TPSA) is 49.8 Å². The number of nitrogens with two attached hydrogens (primary N) is 1. The third-order valence-corrected chi connectivity index (χ3v) is 2.79. The lowest BCUT2D eigenvalue weighted by atomic mass is 10.0. The lowest BCUT2D eigenvalue weighted by Gasteiger charge is -2.09. The van der Waals surface area contributed by atoms with Crippen LogP contribution in [0.5, 0.6) is 0 Å². The van der Waals surface area contributed by atoms with Gasteiger partial charge in [0.1, 0.15) is 0 Å². The Bertz CT molecular complexity index is 341. The molecular formula is C10H11BrN2. The first kappa shape index (κ1) is 10.2. The van der Waals surface area contributed by atoms with Crippen LogP contribution in [0.15, 0.2) is 22.7 Å². The zero-order valence-corrected chi connectivity index (χ0v) is 9.01. The molecule has 0 aromatic heterocycles. The fraction of sp³-hybridized carbons (Fsp3) is 0.300. The van der Waals surface area contributed by atoms with E-state index in [0.29, 0.717) is 6.42 Å². The highest BCUT2D eigenvalue weighted by Crippen LogP contribution is 2.21.